The van der Waals surface area contributed by atoms with Crippen molar-refractivity contribution in [2.45, 2.75) is 31.8 Å². The predicted octanol–water partition coefficient (Wildman–Crippen LogP) is 1.25. The van der Waals surface area contributed by atoms with E-state index in [4.69, 9.17) is 4.74 Å². The normalized spacial score (nSPS) is 24.0. The van der Waals surface area contributed by atoms with Gasteiger partial charge in [0, 0.05) is 37.5 Å². The third-order valence-electron chi connectivity index (χ3n) is 2.87. The second kappa shape index (κ2) is 4.77. The minimum absolute atomic E-state index is 0.352. The SMILES string of the molecule is CC(NC1CCCOC1)c1cnn(C)c1. The molecule has 1 N–H and O–H groups in total. The van der Waals surface area contributed by atoms with E-state index in [0.717, 1.165) is 19.6 Å². The van der Waals surface area contributed by atoms with Gasteiger partial charge in [0.25, 0.3) is 0 Å². The number of rotatable bonds is 3. The van der Waals surface area contributed by atoms with Crippen LogP contribution in [0.1, 0.15) is 31.4 Å². The van der Waals surface area contributed by atoms with Crippen molar-refractivity contribution in [1.82, 2.24) is 15.1 Å². The molecule has 0 saturated carbocycles. The third-order valence-corrected chi connectivity index (χ3v) is 2.87. The molecule has 4 nitrogen and oxygen atoms in total. The van der Waals surface area contributed by atoms with Gasteiger partial charge in [-0.1, -0.05) is 0 Å². The van der Waals surface area contributed by atoms with Gasteiger partial charge >= 0.3 is 0 Å². The van der Waals surface area contributed by atoms with E-state index in [1.54, 1.807) is 0 Å². The van der Waals surface area contributed by atoms with Crippen molar-refractivity contribution in [2.24, 2.45) is 7.05 Å². The van der Waals surface area contributed by atoms with Gasteiger partial charge in [-0.05, 0) is 19.8 Å². The number of nitrogens with zero attached hydrogens (tertiary/aromatic N) is 2. The van der Waals surface area contributed by atoms with Crippen LogP contribution in [0, 0.1) is 0 Å². The number of nitrogens with one attached hydrogen (secondary N) is 1. The molecule has 0 aliphatic carbocycles. The van der Waals surface area contributed by atoms with Gasteiger partial charge in [-0.25, -0.2) is 0 Å². The molecule has 2 unspecified atom stereocenters. The molecule has 1 fully saturated rings. The Labute approximate surface area is 90.6 Å². The highest BCUT2D eigenvalue weighted by atomic mass is 16.5. The molecule has 1 aliphatic heterocycles. The molecule has 4 heteroatoms. The molecule has 15 heavy (non-hydrogen) atoms. The van der Waals surface area contributed by atoms with Crippen molar-refractivity contribution >= 4 is 0 Å². The maximum atomic E-state index is 5.44. The van der Waals surface area contributed by atoms with Crippen LogP contribution in [0.25, 0.3) is 0 Å². The number of hydrogen-bond acceptors (Lipinski definition) is 3. The van der Waals surface area contributed by atoms with Crippen LogP contribution >= 0.6 is 0 Å². The van der Waals surface area contributed by atoms with Crippen LogP contribution in [-0.4, -0.2) is 29.0 Å². The highest BCUT2D eigenvalue weighted by Crippen LogP contribution is 2.14. The van der Waals surface area contributed by atoms with Gasteiger partial charge in [0.1, 0.15) is 0 Å². The Morgan fingerprint density at radius 2 is 2.53 bits per heavy atom. The smallest absolute Gasteiger partial charge is 0.0619 e. The average molecular weight is 209 g/mol. The summed E-state index contributed by atoms with van der Waals surface area (Å²) in [7, 11) is 1.94. The number of aryl methyl sites for hydroxylation is 1. The van der Waals surface area contributed by atoms with Crippen LogP contribution < -0.4 is 5.32 Å². The van der Waals surface area contributed by atoms with Crippen molar-refractivity contribution in [3.05, 3.63) is 18.0 Å². The van der Waals surface area contributed by atoms with Gasteiger partial charge in [0.2, 0.25) is 0 Å². The van der Waals surface area contributed by atoms with Crippen LogP contribution in [-0.2, 0) is 11.8 Å². The van der Waals surface area contributed by atoms with E-state index in [1.165, 1.54) is 12.0 Å². The molecule has 0 radical (unpaired) electrons. The Bertz CT molecular complexity index is 305. The summed E-state index contributed by atoms with van der Waals surface area (Å²) in [5, 5.41) is 7.75. The Balaban J connectivity index is 1.88. The van der Waals surface area contributed by atoms with Crippen LogP contribution in [0.4, 0.5) is 0 Å². The van der Waals surface area contributed by atoms with Gasteiger partial charge < -0.3 is 10.1 Å². The molecule has 1 aliphatic rings. The summed E-state index contributed by atoms with van der Waals surface area (Å²) in [5.74, 6) is 0. The highest BCUT2D eigenvalue weighted by Gasteiger charge is 2.17. The van der Waals surface area contributed by atoms with E-state index in [2.05, 4.69) is 23.5 Å². The van der Waals surface area contributed by atoms with Crippen molar-refractivity contribution in [2.75, 3.05) is 13.2 Å². The summed E-state index contributed by atoms with van der Waals surface area (Å²) in [6.45, 7) is 3.93. The second-order valence-corrected chi connectivity index (χ2v) is 4.25. The zero-order valence-electron chi connectivity index (χ0n) is 9.44. The predicted molar refractivity (Wildman–Crippen MR) is 58.6 cm³/mol. The van der Waals surface area contributed by atoms with E-state index in [9.17, 15) is 0 Å². The Hall–Kier alpha value is -0.870. The number of ether oxygens (including phenoxy) is 1. The van der Waals surface area contributed by atoms with Crippen LogP contribution in [0.15, 0.2) is 12.4 Å². The first-order chi connectivity index (χ1) is 7.25. The van der Waals surface area contributed by atoms with E-state index in [-0.39, 0.29) is 0 Å². The summed E-state index contributed by atoms with van der Waals surface area (Å²) < 4.78 is 7.28. The largest absolute Gasteiger partial charge is 0.380 e. The fourth-order valence-corrected chi connectivity index (χ4v) is 1.99. The zero-order chi connectivity index (χ0) is 10.7. The van der Waals surface area contributed by atoms with Crippen molar-refractivity contribution in [3.63, 3.8) is 0 Å². The van der Waals surface area contributed by atoms with Crippen molar-refractivity contribution in [1.29, 1.82) is 0 Å². The molecular formula is C11H19N3O. The Kier molecular flexibility index (Phi) is 3.38. The van der Waals surface area contributed by atoms with Crippen LogP contribution in [0.3, 0.4) is 0 Å². The molecule has 0 spiro atoms. The maximum absolute atomic E-state index is 5.44. The molecule has 2 rings (SSSR count). The molecule has 0 amide bonds. The first-order valence-electron chi connectivity index (χ1n) is 5.58. The lowest BCUT2D eigenvalue weighted by molar-refractivity contribution is 0.0671. The van der Waals surface area contributed by atoms with Crippen molar-refractivity contribution in [3.8, 4) is 0 Å². The second-order valence-electron chi connectivity index (χ2n) is 4.25. The molecule has 2 atom stereocenters. The number of hydrogen-bond donors (Lipinski definition) is 1. The van der Waals surface area contributed by atoms with E-state index >= 15 is 0 Å². The molecular weight excluding hydrogens is 190 g/mol. The topological polar surface area (TPSA) is 39.1 Å². The molecule has 2 heterocycles. The molecule has 0 bridgehead atoms. The first-order valence-corrected chi connectivity index (χ1v) is 5.58. The lowest BCUT2D eigenvalue weighted by Gasteiger charge is -2.26. The van der Waals surface area contributed by atoms with E-state index in [1.807, 2.05) is 17.9 Å². The van der Waals surface area contributed by atoms with Gasteiger partial charge in [0.05, 0.1) is 12.8 Å². The lowest BCUT2D eigenvalue weighted by Crippen LogP contribution is -2.38. The average Bonchev–Trinajstić information content (AvgIpc) is 2.66. The van der Waals surface area contributed by atoms with Gasteiger partial charge in [-0.2, -0.15) is 5.10 Å². The van der Waals surface area contributed by atoms with Gasteiger partial charge in [0.15, 0.2) is 0 Å². The quantitative estimate of drug-likeness (QED) is 0.814. The minimum Gasteiger partial charge on any atom is -0.380 e. The molecule has 1 aromatic heterocycles. The number of aromatic nitrogens is 2. The van der Waals surface area contributed by atoms with Gasteiger partial charge in [-0.15, -0.1) is 0 Å². The van der Waals surface area contributed by atoms with Crippen LogP contribution in [0.2, 0.25) is 0 Å². The minimum atomic E-state index is 0.352. The van der Waals surface area contributed by atoms with Crippen molar-refractivity contribution < 1.29 is 4.74 Å². The van der Waals surface area contributed by atoms with E-state index < -0.39 is 0 Å². The standard InChI is InChI=1S/C11H19N3O/c1-9(10-6-12-14(2)7-10)13-11-4-3-5-15-8-11/h6-7,9,11,13H,3-5,8H2,1-2H3. The molecule has 0 aromatic carbocycles. The summed E-state index contributed by atoms with van der Waals surface area (Å²) in [6, 6.07) is 0.847. The molecule has 84 valence electrons. The highest BCUT2D eigenvalue weighted by molar-refractivity contribution is 5.09. The third kappa shape index (κ3) is 2.79. The summed E-state index contributed by atoms with van der Waals surface area (Å²) in [4.78, 5) is 0. The fourth-order valence-electron chi connectivity index (χ4n) is 1.99. The van der Waals surface area contributed by atoms with E-state index in [0.29, 0.717) is 12.1 Å². The summed E-state index contributed by atoms with van der Waals surface area (Å²) in [6.07, 6.45) is 6.35. The monoisotopic (exact) mass is 209 g/mol. The van der Waals surface area contributed by atoms with Gasteiger partial charge in [-0.3, -0.25) is 4.68 Å². The van der Waals surface area contributed by atoms with Crippen LogP contribution in [0.5, 0.6) is 0 Å². The maximum Gasteiger partial charge on any atom is 0.0619 e. The zero-order valence-corrected chi connectivity index (χ0v) is 9.44. The Morgan fingerprint density at radius 1 is 1.67 bits per heavy atom. The first kappa shape index (κ1) is 10.6. The fraction of sp³-hybridized carbons (Fsp3) is 0.727. The molecule has 1 saturated heterocycles. The summed E-state index contributed by atoms with van der Waals surface area (Å²) in [5.41, 5.74) is 1.24. The lowest BCUT2D eigenvalue weighted by atomic mass is 10.1. The summed E-state index contributed by atoms with van der Waals surface area (Å²) >= 11 is 0. The Morgan fingerprint density at radius 3 is 3.13 bits per heavy atom. The molecule has 1 aromatic rings.